The Kier molecular flexibility index (Phi) is 3.78. The van der Waals surface area contributed by atoms with Gasteiger partial charge in [-0.3, -0.25) is 0 Å². The lowest BCUT2D eigenvalue weighted by Gasteiger charge is -2.42. The van der Waals surface area contributed by atoms with E-state index in [-0.39, 0.29) is 10.8 Å². The summed E-state index contributed by atoms with van der Waals surface area (Å²) in [6.07, 6.45) is 2.51. The predicted octanol–water partition coefficient (Wildman–Crippen LogP) is 5.77. The fourth-order valence-electron chi connectivity index (χ4n) is 3.96. The van der Waals surface area contributed by atoms with Gasteiger partial charge >= 0.3 is 0 Å². The first kappa shape index (κ1) is 16.1. The molecule has 0 spiro atoms. The molecule has 1 heteroatoms. The van der Waals surface area contributed by atoms with Gasteiger partial charge in [0.2, 0.25) is 0 Å². The average molecular weight is 307 g/mol. The lowest BCUT2D eigenvalue weighted by atomic mass is 9.62. The van der Waals surface area contributed by atoms with Gasteiger partial charge in [-0.2, -0.15) is 0 Å². The van der Waals surface area contributed by atoms with Gasteiger partial charge in [0.05, 0.1) is 0 Å². The highest BCUT2D eigenvalue weighted by molar-refractivity contribution is 5.53. The summed E-state index contributed by atoms with van der Waals surface area (Å²) < 4.78 is 0. The highest BCUT2D eigenvalue weighted by Gasteiger charge is 2.37. The molecule has 1 atom stereocenters. The van der Waals surface area contributed by atoms with Crippen molar-refractivity contribution in [2.24, 2.45) is 0 Å². The number of fused-ring (bicyclic) bond motifs is 1. The molecule has 1 aliphatic rings. The van der Waals surface area contributed by atoms with E-state index in [1.54, 1.807) is 0 Å². The Balaban J connectivity index is 2.09. The van der Waals surface area contributed by atoms with E-state index < -0.39 is 0 Å². The molecule has 122 valence electrons. The molecule has 0 fully saturated rings. The maximum Gasteiger partial charge on any atom is 0.0352 e. The molecule has 0 bridgehead atoms. The lowest BCUT2D eigenvalue weighted by Crippen LogP contribution is -2.34. The van der Waals surface area contributed by atoms with Gasteiger partial charge in [-0.1, -0.05) is 71.0 Å². The van der Waals surface area contributed by atoms with Gasteiger partial charge in [0.15, 0.2) is 0 Å². The molecule has 2 aromatic carbocycles. The predicted molar refractivity (Wildman–Crippen MR) is 100 cm³/mol. The molecule has 0 aliphatic heterocycles. The summed E-state index contributed by atoms with van der Waals surface area (Å²) in [7, 11) is 0. The van der Waals surface area contributed by atoms with E-state index in [0.717, 1.165) is 5.69 Å². The molecule has 0 radical (unpaired) electrons. The van der Waals surface area contributed by atoms with Crippen molar-refractivity contribution < 1.29 is 0 Å². The molecule has 0 heterocycles. The monoisotopic (exact) mass is 307 g/mol. The summed E-state index contributed by atoms with van der Waals surface area (Å²) in [6, 6.07) is 15.3. The van der Waals surface area contributed by atoms with Gasteiger partial charge in [0, 0.05) is 11.6 Å². The Labute approximate surface area is 140 Å². The van der Waals surface area contributed by atoms with Crippen molar-refractivity contribution >= 4 is 5.69 Å². The van der Waals surface area contributed by atoms with Gasteiger partial charge in [0.25, 0.3) is 0 Å². The molecule has 0 amide bonds. The minimum atomic E-state index is 0.253. The standard InChI is InChI=1S/C22H29N/c1-15(17-8-6-7-9-20(17)23)16-10-11-18-19(14-16)22(4,5)13-12-21(18,2)3/h6-11,14-15H,12-13,23H2,1-5H3. The average Bonchev–Trinajstić information content (AvgIpc) is 2.51. The zero-order chi connectivity index (χ0) is 16.8. The highest BCUT2D eigenvalue weighted by Crippen LogP contribution is 2.46. The minimum absolute atomic E-state index is 0.253. The van der Waals surface area contributed by atoms with Crippen LogP contribution in [0, 0.1) is 0 Å². The van der Waals surface area contributed by atoms with Crippen LogP contribution in [0.4, 0.5) is 5.69 Å². The third kappa shape index (κ3) is 2.78. The fraction of sp³-hybridized carbons (Fsp3) is 0.455. The molecule has 1 nitrogen and oxygen atoms in total. The van der Waals surface area contributed by atoms with E-state index in [0.29, 0.717) is 5.92 Å². The molecule has 0 saturated heterocycles. The summed E-state index contributed by atoms with van der Waals surface area (Å²) in [6.45, 7) is 11.8. The number of nitrogen functional groups attached to an aromatic ring is 1. The summed E-state index contributed by atoms with van der Waals surface area (Å²) in [5.74, 6) is 0.322. The first-order valence-corrected chi connectivity index (χ1v) is 8.72. The topological polar surface area (TPSA) is 26.0 Å². The first-order chi connectivity index (χ1) is 10.7. The number of nitrogens with two attached hydrogens (primary N) is 1. The second kappa shape index (κ2) is 5.40. The molecule has 1 aliphatic carbocycles. The molecule has 3 rings (SSSR count). The Morgan fingerprint density at radius 1 is 0.870 bits per heavy atom. The van der Waals surface area contributed by atoms with Crippen LogP contribution in [0.3, 0.4) is 0 Å². The summed E-state index contributed by atoms with van der Waals surface area (Å²) >= 11 is 0. The molecule has 2 N–H and O–H groups in total. The zero-order valence-electron chi connectivity index (χ0n) is 15.1. The van der Waals surface area contributed by atoms with Crippen molar-refractivity contribution in [2.75, 3.05) is 5.73 Å². The third-order valence-corrected chi connectivity index (χ3v) is 5.84. The minimum Gasteiger partial charge on any atom is -0.398 e. The lowest BCUT2D eigenvalue weighted by molar-refractivity contribution is 0.331. The van der Waals surface area contributed by atoms with Crippen molar-refractivity contribution in [1.29, 1.82) is 0 Å². The van der Waals surface area contributed by atoms with Gasteiger partial charge in [-0.05, 0) is 52.0 Å². The molecule has 1 unspecified atom stereocenters. The normalized spacial score (nSPS) is 19.9. The summed E-state index contributed by atoms with van der Waals surface area (Å²) in [5, 5.41) is 0. The van der Waals surface area contributed by atoms with Crippen LogP contribution in [0.5, 0.6) is 0 Å². The van der Waals surface area contributed by atoms with Crippen LogP contribution in [-0.4, -0.2) is 0 Å². The van der Waals surface area contributed by atoms with E-state index >= 15 is 0 Å². The van der Waals surface area contributed by atoms with Gasteiger partial charge < -0.3 is 5.73 Å². The van der Waals surface area contributed by atoms with Crippen LogP contribution in [0.1, 0.15) is 75.6 Å². The second-order valence-electron chi connectivity index (χ2n) is 8.42. The van der Waals surface area contributed by atoms with Gasteiger partial charge in [0.1, 0.15) is 0 Å². The quantitative estimate of drug-likeness (QED) is 0.700. The van der Waals surface area contributed by atoms with E-state index in [1.807, 2.05) is 12.1 Å². The number of para-hydroxylation sites is 1. The van der Waals surface area contributed by atoms with Crippen molar-refractivity contribution in [3.63, 3.8) is 0 Å². The van der Waals surface area contributed by atoms with E-state index in [1.165, 1.54) is 35.1 Å². The second-order valence-corrected chi connectivity index (χ2v) is 8.42. The van der Waals surface area contributed by atoms with Crippen LogP contribution in [0.15, 0.2) is 42.5 Å². The maximum atomic E-state index is 6.19. The van der Waals surface area contributed by atoms with Crippen LogP contribution in [0.25, 0.3) is 0 Å². The third-order valence-electron chi connectivity index (χ3n) is 5.84. The van der Waals surface area contributed by atoms with Gasteiger partial charge in [-0.15, -0.1) is 0 Å². The zero-order valence-corrected chi connectivity index (χ0v) is 15.1. The molecular weight excluding hydrogens is 278 g/mol. The maximum absolute atomic E-state index is 6.19. The Morgan fingerprint density at radius 2 is 1.48 bits per heavy atom. The Hall–Kier alpha value is -1.76. The molecular formula is C22H29N. The van der Waals surface area contributed by atoms with Crippen molar-refractivity contribution in [1.82, 2.24) is 0 Å². The van der Waals surface area contributed by atoms with E-state index in [4.69, 9.17) is 5.73 Å². The number of anilines is 1. The van der Waals surface area contributed by atoms with Gasteiger partial charge in [-0.25, -0.2) is 0 Å². The Morgan fingerprint density at radius 3 is 2.13 bits per heavy atom. The molecule has 23 heavy (non-hydrogen) atoms. The first-order valence-electron chi connectivity index (χ1n) is 8.72. The largest absolute Gasteiger partial charge is 0.398 e. The number of rotatable bonds is 2. The number of benzene rings is 2. The Bertz CT molecular complexity index is 725. The fourth-order valence-corrected chi connectivity index (χ4v) is 3.96. The van der Waals surface area contributed by atoms with Crippen LogP contribution in [-0.2, 0) is 10.8 Å². The highest BCUT2D eigenvalue weighted by atomic mass is 14.6. The van der Waals surface area contributed by atoms with Crippen LogP contribution in [0.2, 0.25) is 0 Å². The van der Waals surface area contributed by atoms with Crippen molar-refractivity contribution in [2.45, 2.75) is 64.2 Å². The van der Waals surface area contributed by atoms with Crippen LogP contribution >= 0.6 is 0 Å². The summed E-state index contributed by atoms with van der Waals surface area (Å²) in [5.41, 5.74) is 13.2. The number of hydrogen-bond donors (Lipinski definition) is 1. The molecule has 2 aromatic rings. The van der Waals surface area contributed by atoms with E-state index in [2.05, 4.69) is 65.0 Å². The molecule has 0 aromatic heterocycles. The van der Waals surface area contributed by atoms with Crippen LogP contribution < -0.4 is 5.73 Å². The smallest absolute Gasteiger partial charge is 0.0352 e. The molecule has 0 saturated carbocycles. The van der Waals surface area contributed by atoms with Crippen molar-refractivity contribution in [3.05, 3.63) is 64.7 Å². The number of hydrogen-bond acceptors (Lipinski definition) is 1. The summed E-state index contributed by atoms with van der Waals surface area (Å²) in [4.78, 5) is 0. The van der Waals surface area contributed by atoms with E-state index in [9.17, 15) is 0 Å². The SMILES string of the molecule is CC(c1ccc2c(c1)C(C)(C)CCC2(C)C)c1ccccc1N. The van der Waals surface area contributed by atoms with Crippen molar-refractivity contribution in [3.8, 4) is 0 Å².